The minimum atomic E-state index is 0.478. The minimum absolute atomic E-state index is 0.478. The van der Waals surface area contributed by atoms with Gasteiger partial charge in [0, 0.05) is 46.4 Å². The topological polar surface area (TPSA) is 138 Å². The van der Waals surface area contributed by atoms with Crippen molar-refractivity contribution in [1.82, 2.24) is 49.0 Å². The van der Waals surface area contributed by atoms with Crippen LogP contribution in [0.1, 0.15) is 48.5 Å². The van der Waals surface area contributed by atoms with E-state index in [2.05, 4.69) is 104 Å². The van der Waals surface area contributed by atoms with Crippen LogP contribution in [-0.4, -0.2) is 60.9 Å². The molecule has 0 saturated heterocycles. The van der Waals surface area contributed by atoms with Crippen LogP contribution in [0.4, 0.5) is 0 Å². The molecule has 0 amide bonds. The van der Waals surface area contributed by atoms with E-state index >= 15 is 0 Å². The van der Waals surface area contributed by atoms with Gasteiger partial charge in [-0.2, -0.15) is 19.9 Å². The number of benzene rings is 4. The molecule has 0 radical (unpaired) electrons. The summed E-state index contributed by atoms with van der Waals surface area (Å²) in [6.07, 6.45) is 16.6. The Bertz CT molecular complexity index is 3620. The molecule has 12 nitrogen and oxygen atoms in total. The lowest BCUT2D eigenvalue weighted by molar-refractivity contribution is 0.895. The van der Waals surface area contributed by atoms with E-state index in [-0.39, 0.29) is 0 Å². The molecule has 2 aliphatic heterocycles. The second-order valence-corrected chi connectivity index (χ2v) is 16.2. The molecule has 0 spiro atoms. The van der Waals surface area contributed by atoms with Crippen LogP contribution in [-0.2, 0) is 12.8 Å². The molecule has 0 atom stereocenters. The van der Waals surface area contributed by atoms with Gasteiger partial charge in [0.05, 0.1) is 27.8 Å². The van der Waals surface area contributed by atoms with E-state index in [1.165, 1.54) is 22.3 Å². The molecule has 304 valence electrons. The zero-order chi connectivity index (χ0) is 42.1. The first-order valence-electron chi connectivity index (χ1n) is 21.7. The predicted octanol–water partition coefficient (Wildman–Crippen LogP) is 10.4. The zero-order valence-corrected chi connectivity index (χ0v) is 34.5. The molecular weight excluding hydrogens is 793 g/mol. The largest absolute Gasteiger partial charge is 0.278 e. The molecule has 1 aliphatic carbocycles. The Labute approximate surface area is 366 Å². The summed E-state index contributed by atoms with van der Waals surface area (Å²) in [6, 6.07) is 37.8. The number of para-hydroxylation sites is 2. The number of hydrogen-bond acceptors (Lipinski definition) is 10. The normalized spacial score (nSPS) is 14.6. The Morgan fingerprint density at radius 3 is 1.89 bits per heavy atom. The number of allylic oxidation sites excluding steroid dienone is 2. The van der Waals surface area contributed by atoms with Crippen LogP contribution in [0.15, 0.2) is 150 Å². The first-order chi connectivity index (χ1) is 31.7. The molecule has 13 rings (SSSR count). The summed E-state index contributed by atoms with van der Waals surface area (Å²) < 4.78 is 4.41. The van der Waals surface area contributed by atoms with Crippen molar-refractivity contribution in [1.29, 1.82) is 0 Å². The number of aliphatic imine (C=N–C) groups is 2. The second-order valence-electron chi connectivity index (χ2n) is 16.2. The molecule has 0 unspecified atom stereocenters. The fourth-order valence-electron chi connectivity index (χ4n) is 9.55. The Balaban J connectivity index is 1.06. The lowest BCUT2D eigenvalue weighted by Crippen LogP contribution is -2.15. The number of aromatic nitrogens is 10. The third-order valence-corrected chi connectivity index (χ3v) is 12.4. The van der Waals surface area contributed by atoms with Crippen LogP contribution in [0.2, 0.25) is 0 Å². The SMILES string of the molecule is C1=CN=C(c2nc(C3=CCCC=N3)nc(-n3c4ccccc4c4cc5c(cc43)-c3ccc4c6ccccc6n(-c6nc(-c7ccccn7)nc(-c7ccccn7)n6)c4c3CC5)n2)CC1. The summed E-state index contributed by atoms with van der Waals surface area (Å²) in [5.41, 5.74) is 11.9. The van der Waals surface area contributed by atoms with Crippen LogP contribution in [0.5, 0.6) is 0 Å². The summed E-state index contributed by atoms with van der Waals surface area (Å²) in [6.45, 7) is 0. The van der Waals surface area contributed by atoms with Crippen molar-refractivity contribution in [2.75, 3.05) is 0 Å². The van der Waals surface area contributed by atoms with E-state index in [4.69, 9.17) is 39.9 Å². The molecule has 8 heterocycles. The molecule has 0 fully saturated rings. The van der Waals surface area contributed by atoms with Gasteiger partial charge >= 0.3 is 0 Å². The number of rotatable bonds is 6. The average Bonchev–Trinajstić information content (AvgIpc) is 3.89. The van der Waals surface area contributed by atoms with E-state index < -0.39 is 0 Å². The van der Waals surface area contributed by atoms with Gasteiger partial charge in [0.1, 0.15) is 17.1 Å². The van der Waals surface area contributed by atoms with Gasteiger partial charge < -0.3 is 0 Å². The molecule has 4 aromatic carbocycles. The van der Waals surface area contributed by atoms with Crippen molar-refractivity contribution < 1.29 is 0 Å². The highest BCUT2D eigenvalue weighted by Crippen LogP contribution is 2.45. The summed E-state index contributed by atoms with van der Waals surface area (Å²) in [4.78, 5) is 49.3. The van der Waals surface area contributed by atoms with Gasteiger partial charge in [0.25, 0.3) is 0 Å². The maximum absolute atomic E-state index is 5.19. The molecule has 12 heteroatoms. The number of nitrogens with zero attached hydrogens (tertiary/aromatic N) is 12. The summed E-state index contributed by atoms with van der Waals surface area (Å²) in [5, 5.41) is 4.55. The molecular formula is C52H36N12. The van der Waals surface area contributed by atoms with Gasteiger partial charge in [-0.15, -0.1) is 0 Å². The lowest BCUT2D eigenvalue weighted by atomic mass is 9.83. The molecule has 64 heavy (non-hydrogen) atoms. The maximum Gasteiger partial charge on any atom is 0.238 e. The van der Waals surface area contributed by atoms with Crippen LogP contribution in [0.3, 0.4) is 0 Å². The monoisotopic (exact) mass is 828 g/mol. The van der Waals surface area contributed by atoms with E-state index in [0.29, 0.717) is 46.6 Å². The van der Waals surface area contributed by atoms with Gasteiger partial charge in [-0.3, -0.25) is 29.1 Å². The number of fused-ring (bicyclic) bond motifs is 10. The van der Waals surface area contributed by atoms with Gasteiger partial charge in [-0.25, -0.2) is 9.97 Å². The highest BCUT2D eigenvalue weighted by molar-refractivity contribution is 6.14. The first kappa shape index (κ1) is 36.3. The highest BCUT2D eigenvalue weighted by atomic mass is 15.2. The lowest BCUT2D eigenvalue weighted by Gasteiger charge is -2.22. The predicted molar refractivity (Wildman–Crippen MR) is 252 cm³/mol. The van der Waals surface area contributed by atoms with Gasteiger partial charge in [-0.05, 0) is 109 Å². The van der Waals surface area contributed by atoms with E-state index in [0.717, 1.165) is 93.5 Å². The van der Waals surface area contributed by atoms with Gasteiger partial charge in [0.15, 0.2) is 23.3 Å². The van der Waals surface area contributed by atoms with E-state index in [1.54, 1.807) is 12.4 Å². The molecule has 0 N–H and O–H groups in total. The van der Waals surface area contributed by atoms with Crippen LogP contribution < -0.4 is 0 Å². The van der Waals surface area contributed by atoms with Gasteiger partial charge in [0.2, 0.25) is 11.9 Å². The van der Waals surface area contributed by atoms with Crippen molar-refractivity contribution in [3.05, 3.63) is 163 Å². The Kier molecular flexibility index (Phi) is 8.29. The van der Waals surface area contributed by atoms with Gasteiger partial charge in [-0.1, -0.05) is 72.8 Å². The van der Waals surface area contributed by atoms with Crippen molar-refractivity contribution in [3.8, 4) is 46.1 Å². The number of pyridine rings is 2. The van der Waals surface area contributed by atoms with E-state index in [9.17, 15) is 0 Å². The fourth-order valence-corrected chi connectivity index (χ4v) is 9.55. The molecule has 0 bridgehead atoms. The van der Waals surface area contributed by atoms with Crippen LogP contribution >= 0.6 is 0 Å². The zero-order valence-electron chi connectivity index (χ0n) is 34.5. The number of hydrogen-bond donors (Lipinski definition) is 0. The minimum Gasteiger partial charge on any atom is -0.278 e. The van der Waals surface area contributed by atoms with Crippen molar-refractivity contribution in [2.45, 2.75) is 38.5 Å². The average molecular weight is 829 g/mol. The number of aryl methyl sites for hydroxylation is 2. The molecule has 10 aromatic rings. The maximum atomic E-state index is 5.19. The molecule has 6 aromatic heterocycles. The third kappa shape index (κ3) is 5.83. The Hall–Kier alpha value is -8.38. The highest BCUT2D eigenvalue weighted by Gasteiger charge is 2.28. The second kappa shape index (κ2) is 14.6. The summed E-state index contributed by atoms with van der Waals surface area (Å²) in [7, 11) is 0. The van der Waals surface area contributed by atoms with Crippen LogP contribution in [0, 0.1) is 0 Å². The van der Waals surface area contributed by atoms with Crippen molar-refractivity contribution in [2.24, 2.45) is 9.98 Å². The first-order valence-corrected chi connectivity index (χ1v) is 21.7. The Morgan fingerprint density at radius 1 is 0.484 bits per heavy atom. The Morgan fingerprint density at radius 2 is 1.17 bits per heavy atom. The smallest absolute Gasteiger partial charge is 0.238 e. The fraction of sp³-hybridized carbons (Fsp3) is 0.115. The third-order valence-electron chi connectivity index (χ3n) is 12.4. The standard InChI is InChI=1S/C52H36N12/c1-4-20-44-33(13-1)36-24-23-32-35(46(36)64(44)52-61-49(41-17-7-11-27-55-41)58-50(62-52)42-18-8-12-28-56-42)22-21-31-29-38-34-14-2-3-19-43(34)63(45(38)30-37(31)32)51-59-47(39-15-5-9-25-53-39)57-48(60-51)40-16-6-10-26-54-40/h1-4,7-9,11-14,16-20,23-30H,5-6,10,15,21-22H2. The van der Waals surface area contributed by atoms with E-state index in [1.807, 2.05) is 48.8 Å². The summed E-state index contributed by atoms with van der Waals surface area (Å²) >= 11 is 0. The molecule has 0 saturated carbocycles. The summed E-state index contributed by atoms with van der Waals surface area (Å²) in [5.74, 6) is 3.13. The van der Waals surface area contributed by atoms with Crippen molar-refractivity contribution in [3.63, 3.8) is 0 Å². The molecule has 3 aliphatic rings. The van der Waals surface area contributed by atoms with Crippen LogP contribution in [0.25, 0.3) is 95.4 Å². The van der Waals surface area contributed by atoms with Crippen molar-refractivity contribution >= 4 is 61.2 Å². The quantitative estimate of drug-likeness (QED) is 0.161.